The number of carbonyl (C=O) groups is 1. The van der Waals surface area contributed by atoms with Gasteiger partial charge < -0.3 is 4.90 Å². The summed E-state index contributed by atoms with van der Waals surface area (Å²) in [6.07, 6.45) is 1.91. The molecular formula is C13H12FN3O3. The Kier molecular flexibility index (Phi) is 3.40. The fourth-order valence-electron chi connectivity index (χ4n) is 2.25. The lowest BCUT2D eigenvalue weighted by Gasteiger charge is -2.42. The fourth-order valence-corrected chi connectivity index (χ4v) is 2.25. The minimum atomic E-state index is -0.903. The summed E-state index contributed by atoms with van der Waals surface area (Å²) >= 11 is 0. The molecule has 0 spiro atoms. The lowest BCUT2D eigenvalue weighted by Crippen LogP contribution is -2.53. The van der Waals surface area contributed by atoms with Gasteiger partial charge in [0, 0.05) is 7.05 Å². The monoisotopic (exact) mass is 277 g/mol. The Morgan fingerprint density at radius 1 is 1.55 bits per heavy atom. The number of nitrogens with zero attached hydrogens (tertiary/aromatic N) is 3. The standard InChI is InChI=1S/C13H12FN3O3/c1-16(13(8-15)5-2-6-13)12(18)10-4-3-9(14)7-11(10)17(19)20/h3-4,7H,2,5-6H2,1H3. The maximum atomic E-state index is 13.1. The molecule has 0 bridgehead atoms. The van der Waals surface area contributed by atoms with Gasteiger partial charge in [0.2, 0.25) is 0 Å². The molecule has 1 amide bonds. The van der Waals surface area contributed by atoms with E-state index in [2.05, 4.69) is 6.07 Å². The largest absolute Gasteiger partial charge is 0.323 e. The summed E-state index contributed by atoms with van der Waals surface area (Å²) in [7, 11) is 1.44. The fraction of sp³-hybridized carbons (Fsp3) is 0.385. The average molecular weight is 277 g/mol. The minimum absolute atomic E-state index is 0.208. The highest BCUT2D eigenvalue weighted by molar-refractivity contribution is 5.98. The molecular weight excluding hydrogens is 265 g/mol. The van der Waals surface area contributed by atoms with Crippen molar-refractivity contribution in [3.8, 4) is 6.07 Å². The summed E-state index contributed by atoms with van der Waals surface area (Å²) in [4.78, 5) is 23.7. The highest BCUT2D eigenvalue weighted by Gasteiger charge is 2.44. The van der Waals surface area contributed by atoms with Crippen LogP contribution in [0.25, 0.3) is 0 Å². The number of nitriles is 1. The first-order chi connectivity index (χ1) is 9.41. The van der Waals surface area contributed by atoms with Crippen LogP contribution >= 0.6 is 0 Å². The molecule has 1 aromatic carbocycles. The molecule has 0 atom stereocenters. The Labute approximate surface area is 114 Å². The molecule has 0 saturated heterocycles. The third kappa shape index (κ3) is 2.09. The lowest BCUT2D eigenvalue weighted by atomic mass is 9.76. The molecule has 104 valence electrons. The van der Waals surface area contributed by atoms with Crippen LogP contribution in [0.1, 0.15) is 29.6 Å². The predicted octanol–water partition coefficient (Wildman–Crippen LogP) is 2.25. The van der Waals surface area contributed by atoms with Crippen molar-refractivity contribution in [2.45, 2.75) is 24.8 Å². The highest BCUT2D eigenvalue weighted by Crippen LogP contribution is 2.37. The van der Waals surface area contributed by atoms with E-state index < -0.39 is 27.9 Å². The number of rotatable bonds is 3. The van der Waals surface area contributed by atoms with Crippen molar-refractivity contribution in [2.75, 3.05) is 7.05 Å². The molecule has 1 fully saturated rings. The van der Waals surface area contributed by atoms with Gasteiger partial charge >= 0.3 is 0 Å². The number of nitro groups is 1. The topological polar surface area (TPSA) is 87.2 Å². The van der Waals surface area contributed by atoms with Crippen LogP contribution in [0.2, 0.25) is 0 Å². The number of nitro benzene ring substituents is 1. The zero-order valence-electron chi connectivity index (χ0n) is 10.8. The zero-order chi connectivity index (χ0) is 14.9. The van der Waals surface area contributed by atoms with Crippen molar-refractivity contribution in [1.29, 1.82) is 5.26 Å². The molecule has 0 radical (unpaired) electrons. The molecule has 0 aromatic heterocycles. The average Bonchev–Trinajstić information content (AvgIpc) is 2.37. The maximum absolute atomic E-state index is 13.1. The van der Waals surface area contributed by atoms with Gasteiger partial charge in [-0.2, -0.15) is 5.26 Å². The first-order valence-corrected chi connectivity index (χ1v) is 6.05. The van der Waals surface area contributed by atoms with E-state index in [1.165, 1.54) is 11.9 Å². The molecule has 1 aliphatic rings. The first-order valence-electron chi connectivity index (χ1n) is 6.05. The molecule has 0 aliphatic heterocycles. The summed E-state index contributed by atoms with van der Waals surface area (Å²) in [5.74, 6) is -1.42. The van der Waals surface area contributed by atoms with Gasteiger partial charge in [0.1, 0.15) is 16.9 Å². The van der Waals surface area contributed by atoms with E-state index in [9.17, 15) is 24.6 Å². The van der Waals surface area contributed by atoms with Crippen LogP contribution in [0.3, 0.4) is 0 Å². The molecule has 2 rings (SSSR count). The van der Waals surface area contributed by atoms with Crippen molar-refractivity contribution in [1.82, 2.24) is 4.90 Å². The number of hydrogen-bond donors (Lipinski definition) is 0. The Morgan fingerprint density at radius 2 is 2.20 bits per heavy atom. The van der Waals surface area contributed by atoms with Crippen molar-refractivity contribution < 1.29 is 14.1 Å². The molecule has 0 heterocycles. The van der Waals surface area contributed by atoms with E-state index in [1.807, 2.05) is 0 Å². The van der Waals surface area contributed by atoms with Crippen LogP contribution in [0.15, 0.2) is 18.2 Å². The quantitative estimate of drug-likeness (QED) is 0.626. The third-order valence-electron chi connectivity index (χ3n) is 3.72. The number of benzene rings is 1. The minimum Gasteiger partial charge on any atom is -0.323 e. The molecule has 6 nitrogen and oxygen atoms in total. The highest BCUT2D eigenvalue weighted by atomic mass is 19.1. The predicted molar refractivity (Wildman–Crippen MR) is 67.3 cm³/mol. The molecule has 0 unspecified atom stereocenters. The number of amides is 1. The zero-order valence-corrected chi connectivity index (χ0v) is 10.8. The van der Waals surface area contributed by atoms with Crippen molar-refractivity contribution in [3.05, 3.63) is 39.7 Å². The van der Waals surface area contributed by atoms with E-state index in [4.69, 9.17) is 0 Å². The van der Waals surface area contributed by atoms with E-state index in [0.717, 1.165) is 18.6 Å². The summed E-state index contributed by atoms with van der Waals surface area (Å²) in [5, 5.41) is 20.1. The molecule has 1 aliphatic carbocycles. The lowest BCUT2D eigenvalue weighted by molar-refractivity contribution is -0.385. The van der Waals surface area contributed by atoms with Crippen LogP contribution in [-0.2, 0) is 0 Å². The second-order valence-corrected chi connectivity index (χ2v) is 4.78. The van der Waals surface area contributed by atoms with Gasteiger partial charge in [-0.3, -0.25) is 14.9 Å². The molecule has 20 heavy (non-hydrogen) atoms. The molecule has 1 aromatic rings. The summed E-state index contributed by atoms with van der Waals surface area (Å²) in [6.45, 7) is 0. The van der Waals surface area contributed by atoms with Gasteiger partial charge in [0.15, 0.2) is 0 Å². The Morgan fingerprint density at radius 3 is 2.65 bits per heavy atom. The van der Waals surface area contributed by atoms with Crippen molar-refractivity contribution in [3.63, 3.8) is 0 Å². The normalized spacial score (nSPS) is 15.8. The molecule has 0 N–H and O–H groups in total. The third-order valence-corrected chi connectivity index (χ3v) is 3.72. The van der Waals surface area contributed by atoms with E-state index in [0.29, 0.717) is 18.9 Å². The van der Waals surface area contributed by atoms with Gasteiger partial charge in [0.25, 0.3) is 11.6 Å². The number of carbonyl (C=O) groups excluding carboxylic acids is 1. The summed E-state index contributed by atoms with van der Waals surface area (Å²) in [6, 6.07) is 4.87. The van der Waals surface area contributed by atoms with Crippen LogP contribution < -0.4 is 0 Å². The van der Waals surface area contributed by atoms with Gasteiger partial charge in [-0.1, -0.05) is 0 Å². The van der Waals surface area contributed by atoms with Crippen LogP contribution in [0.4, 0.5) is 10.1 Å². The summed E-state index contributed by atoms with van der Waals surface area (Å²) in [5.41, 5.74) is -1.70. The van der Waals surface area contributed by atoms with Gasteiger partial charge in [-0.15, -0.1) is 0 Å². The van der Waals surface area contributed by atoms with Crippen LogP contribution in [0, 0.1) is 27.3 Å². The maximum Gasteiger partial charge on any atom is 0.285 e. The number of halogens is 1. The molecule has 7 heteroatoms. The Bertz CT molecular complexity index is 620. The van der Waals surface area contributed by atoms with Crippen molar-refractivity contribution >= 4 is 11.6 Å². The SMILES string of the molecule is CN(C(=O)c1ccc(F)cc1[N+](=O)[O-])C1(C#N)CCC1. The van der Waals surface area contributed by atoms with Gasteiger partial charge in [-0.05, 0) is 31.4 Å². The second-order valence-electron chi connectivity index (χ2n) is 4.78. The van der Waals surface area contributed by atoms with Crippen LogP contribution in [-0.4, -0.2) is 28.3 Å². The van der Waals surface area contributed by atoms with E-state index in [-0.39, 0.29) is 5.56 Å². The molecule has 1 saturated carbocycles. The van der Waals surface area contributed by atoms with Crippen LogP contribution in [0.5, 0.6) is 0 Å². The second kappa shape index (κ2) is 4.89. The smallest absolute Gasteiger partial charge is 0.285 e. The van der Waals surface area contributed by atoms with E-state index >= 15 is 0 Å². The van der Waals surface area contributed by atoms with Crippen molar-refractivity contribution in [2.24, 2.45) is 0 Å². The number of hydrogen-bond acceptors (Lipinski definition) is 4. The first kappa shape index (κ1) is 13.9. The van der Waals surface area contributed by atoms with Gasteiger partial charge in [-0.25, -0.2) is 4.39 Å². The Hall–Kier alpha value is -2.49. The summed E-state index contributed by atoms with van der Waals surface area (Å²) < 4.78 is 13.1. The van der Waals surface area contributed by atoms with E-state index in [1.54, 1.807) is 0 Å². The van der Waals surface area contributed by atoms with Gasteiger partial charge in [0.05, 0.1) is 17.1 Å². The Balaban J connectivity index is 2.39.